The van der Waals surface area contributed by atoms with Crippen LogP contribution in [0.15, 0.2) is 162 Å². The van der Waals surface area contributed by atoms with E-state index in [4.69, 9.17) is 26.3 Å². The standard InChI is InChI=1S/C42H26O/c1-2-13-27(14-3-1)28-20-10-22-30-29(28)21-11-23-31(30)40-32-15-4-6-17-34(32)41(35-18-7-5-16-33(35)40)37-24-12-26-39-42(37)36-19-8-9-25-38(36)43-39/h1-26H/i1D,2D,3D,4D,5D,6D,7D,8D,9D,10D,11D,13D,15D,16D,17D,18D,19D,20D,21D,22D,23D,25D. The molecule has 0 N–H and O–H groups in total. The number of benzene rings is 8. The molecule has 9 rings (SSSR count). The van der Waals surface area contributed by atoms with E-state index in [2.05, 4.69) is 0 Å². The molecule has 8 aromatic carbocycles. The highest BCUT2D eigenvalue weighted by Gasteiger charge is 2.21. The zero-order valence-electron chi connectivity index (χ0n) is 43.7. The van der Waals surface area contributed by atoms with Gasteiger partial charge in [-0.3, -0.25) is 0 Å². The Kier molecular flexibility index (Phi) is 2.39. The van der Waals surface area contributed by atoms with Crippen LogP contribution in [0.4, 0.5) is 0 Å². The molecular weight excluding hydrogens is 520 g/mol. The second-order valence-corrected chi connectivity index (χ2v) is 9.56. The van der Waals surface area contributed by atoms with Crippen molar-refractivity contribution in [1.82, 2.24) is 0 Å². The van der Waals surface area contributed by atoms with E-state index >= 15 is 0 Å². The van der Waals surface area contributed by atoms with Crippen molar-refractivity contribution < 1.29 is 34.6 Å². The van der Waals surface area contributed by atoms with Crippen LogP contribution in [0.5, 0.6) is 0 Å². The van der Waals surface area contributed by atoms with Gasteiger partial charge in [0.05, 0.1) is 30.2 Å². The zero-order chi connectivity index (χ0) is 47.5. The molecule has 0 aliphatic heterocycles. The summed E-state index contributed by atoms with van der Waals surface area (Å²) < 4.78 is 202. The van der Waals surface area contributed by atoms with Crippen LogP contribution in [-0.2, 0) is 0 Å². The SMILES string of the molecule is [2H]c1cc(-c2c([2H])c([2H])c([2H])c3c(-c4c5c([2H])c([2H])c([2H])c([2H])c5c(-c5cccc6oc7c([2H])c([2H])c([2H])c([2H])c7c56)c5c([2H])c([2H])c([2H])c([2H])c45)c([2H])c([2H])c([2H])c23)c([2H])c([2H])c1[2H]. The molecule has 0 aliphatic rings. The van der Waals surface area contributed by atoms with Crippen molar-refractivity contribution in [3.8, 4) is 33.4 Å². The van der Waals surface area contributed by atoms with Crippen molar-refractivity contribution in [3.63, 3.8) is 0 Å². The third kappa shape index (κ3) is 3.58. The molecule has 0 amide bonds. The summed E-state index contributed by atoms with van der Waals surface area (Å²) in [5.74, 6) is 0. The van der Waals surface area contributed by atoms with Gasteiger partial charge in [0.2, 0.25) is 0 Å². The van der Waals surface area contributed by atoms with E-state index in [-0.39, 0.29) is 33.1 Å². The smallest absolute Gasteiger partial charge is 0.136 e. The van der Waals surface area contributed by atoms with Crippen molar-refractivity contribution in [1.29, 1.82) is 0 Å². The minimum atomic E-state index is -0.915. The van der Waals surface area contributed by atoms with Crippen molar-refractivity contribution in [3.05, 3.63) is 157 Å². The molecule has 0 atom stereocenters. The summed E-state index contributed by atoms with van der Waals surface area (Å²) in [4.78, 5) is 0. The molecule has 0 spiro atoms. The van der Waals surface area contributed by atoms with Crippen LogP contribution in [0.25, 0.3) is 87.6 Å². The second kappa shape index (κ2) is 9.44. The van der Waals surface area contributed by atoms with Gasteiger partial charge < -0.3 is 4.42 Å². The van der Waals surface area contributed by atoms with Crippen molar-refractivity contribution in [2.45, 2.75) is 0 Å². The average molecular weight is 569 g/mol. The Labute approximate surface area is 280 Å². The van der Waals surface area contributed by atoms with Gasteiger partial charge >= 0.3 is 0 Å². The summed E-state index contributed by atoms with van der Waals surface area (Å²) in [5.41, 5.74) is -2.75. The molecule has 1 heteroatoms. The van der Waals surface area contributed by atoms with Crippen molar-refractivity contribution in [2.75, 3.05) is 0 Å². The fourth-order valence-corrected chi connectivity index (χ4v) is 5.63. The minimum absolute atomic E-state index is 0.0179. The summed E-state index contributed by atoms with van der Waals surface area (Å²) in [6.45, 7) is 0. The topological polar surface area (TPSA) is 13.1 Å². The van der Waals surface area contributed by atoms with Crippen LogP contribution in [0.1, 0.15) is 30.2 Å². The van der Waals surface area contributed by atoms with Gasteiger partial charge in [-0.25, -0.2) is 0 Å². The maximum Gasteiger partial charge on any atom is 0.136 e. The lowest BCUT2D eigenvalue weighted by atomic mass is 9.83. The van der Waals surface area contributed by atoms with Gasteiger partial charge in [-0.05, 0) is 77.8 Å². The van der Waals surface area contributed by atoms with Crippen LogP contribution in [-0.4, -0.2) is 0 Å². The average Bonchev–Trinajstić information content (AvgIpc) is 3.69. The van der Waals surface area contributed by atoms with E-state index in [9.17, 15) is 8.22 Å². The third-order valence-corrected chi connectivity index (χ3v) is 7.35. The lowest BCUT2D eigenvalue weighted by molar-refractivity contribution is 0.669. The maximum atomic E-state index is 9.48. The van der Waals surface area contributed by atoms with Crippen LogP contribution < -0.4 is 0 Å². The normalized spacial score (nSPS) is 18.9. The Balaban J connectivity index is 1.65. The monoisotopic (exact) mass is 568 g/mol. The first-order valence-corrected chi connectivity index (χ1v) is 13.0. The molecule has 1 heterocycles. The molecule has 0 unspecified atom stereocenters. The number of hydrogen-bond donors (Lipinski definition) is 0. The van der Waals surface area contributed by atoms with Gasteiger partial charge in [-0.1, -0.05) is 145 Å². The minimum Gasteiger partial charge on any atom is -0.456 e. The molecule has 1 nitrogen and oxygen atoms in total. The fraction of sp³-hybridized carbons (Fsp3) is 0. The summed E-state index contributed by atoms with van der Waals surface area (Å²) in [6.07, 6.45) is 0. The first kappa shape index (κ1) is 10.9. The molecule has 0 aliphatic carbocycles. The maximum absolute atomic E-state index is 9.48. The number of rotatable bonds is 3. The Morgan fingerprint density at radius 3 is 1.65 bits per heavy atom. The molecule has 0 bridgehead atoms. The van der Waals surface area contributed by atoms with Gasteiger partial charge in [0.15, 0.2) is 0 Å². The van der Waals surface area contributed by atoms with Crippen LogP contribution >= 0.6 is 0 Å². The van der Waals surface area contributed by atoms with Crippen LogP contribution in [0, 0.1) is 0 Å². The summed E-state index contributed by atoms with van der Waals surface area (Å²) in [7, 11) is 0. The van der Waals surface area contributed by atoms with E-state index in [1.165, 1.54) is 18.2 Å². The number of fused-ring (bicyclic) bond motifs is 6. The lowest BCUT2D eigenvalue weighted by Crippen LogP contribution is -1.92. The lowest BCUT2D eigenvalue weighted by Gasteiger charge is -2.19. The molecule has 200 valence electrons. The van der Waals surface area contributed by atoms with E-state index in [0.29, 0.717) is 0 Å². The fourth-order valence-electron chi connectivity index (χ4n) is 5.63. The van der Waals surface area contributed by atoms with Crippen molar-refractivity contribution in [2.24, 2.45) is 0 Å². The molecule has 1 aromatic heterocycles. The Morgan fingerprint density at radius 2 is 0.930 bits per heavy atom. The van der Waals surface area contributed by atoms with Crippen molar-refractivity contribution >= 4 is 54.3 Å². The Hall–Kier alpha value is -5.66. The van der Waals surface area contributed by atoms with Gasteiger partial charge in [-0.15, -0.1) is 0 Å². The molecule has 0 radical (unpaired) electrons. The highest BCUT2D eigenvalue weighted by Crippen LogP contribution is 2.48. The quantitative estimate of drug-likeness (QED) is 0.193. The third-order valence-electron chi connectivity index (χ3n) is 7.35. The molecular formula is C42H26O. The number of para-hydroxylation sites is 1. The molecule has 0 saturated heterocycles. The number of furan rings is 1. The predicted octanol–water partition coefficient (Wildman–Crippen LogP) is 12.0. The van der Waals surface area contributed by atoms with E-state index in [1.54, 1.807) is 0 Å². The van der Waals surface area contributed by atoms with Gasteiger partial charge in [0.25, 0.3) is 0 Å². The highest BCUT2D eigenvalue weighted by molar-refractivity contribution is 6.27. The summed E-state index contributed by atoms with van der Waals surface area (Å²) >= 11 is 0. The van der Waals surface area contributed by atoms with E-state index in [0.717, 1.165) is 6.07 Å². The number of hydrogen-bond acceptors (Lipinski definition) is 1. The summed E-state index contributed by atoms with van der Waals surface area (Å²) in [6, 6.07) is -11.6. The zero-order valence-corrected chi connectivity index (χ0v) is 21.7. The largest absolute Gasteiger partial charge is 0.456 e. The van der Waals surface area contributed by atoms with Crippen LogP contribution in [0.2, 0.25) is 0 Å². The van der Waals surface area contributed by atoms with Gasteiger partial charge in [0.1, 0.15) is 11.2 Å². The van der Waals surface area contributed by atoms with Crippen LogP contribution in [0.3, 0.4) is 0 Å². The first-order chi connectivity index (χ1) is 30.5. The van der Waals surface area contributed by atoms with E-state index < -0.39 is 188 Å². The molecule has 0 saturated carbocycles. The molecule has 9 aromatic rings. The Morgan fingerprint density at radius 1 is 0.372 bits per heavy atom. The van der Waals surface area contributed by atoms with E-state index in [1.807, 2.05) is 0 Å². The highest BCUT2D eigenvalue weighted by atomic mass is 16.3. The van der Waals surface area contributed by atoms with Gasteiger partial charge in [-0.2, -0.15) is 0 Å². The van der Waals surface area contributed by atoms with Gasteiger partial charge in [0, 0.05) is 10.8 Å². The molecule has 43 heavy (non-hydrogen) atoms. The second-order valence-electron chi connectivity index (χ2n) is 9.56. The predicted molar refractivity (Wildman–Crippen MR) is 183 cm³/mol. The molecule has 0 fully saturated rings. The Bertz CT molecular complexity index is 3660. The first-order valence-electron chi connectivity index (χ1n) is 24.0. The summed E-state index contributed by atoms with van der Waals surface area (Å²) in [5, 5.41) is -3.20.